The fraction of sp³-hybridized carbons (Fsp3) is 0.260. The van der Waals surface area contributed by atoms with Crippen LogP contribution < -0.4 is 36.9 Å². The third kappa shape index (κ3) is 17.3. The Labute approximate surface area is 739 Å². The highest BCUT2D eigenvalue weighted by Crippen LogP contribution is 2.47. The molecule has 3 fully saturated rings. The number of benzene rings is 8. The Kier molecular flexibility index (Phi) is 26.7. The van der Waals surface area contributed by atoms with Crippen molar-refractivity contribution in [2.75, 3.05) is 73.6 Å². The van der Waals surface area contributed by atoms with Crippen LogP contribution in [-0.4, -0.2) is 128 Å². The first-order valence-electron chi connectivity index (χ1n) is 41.2. The lowest BCUT2D eigenvalue weighted by Crippen LogP contribution is -2.53. The van der Waals surface area contributed by atoms with E-state index in [0.717, 1.165) is 22.3 Å². The van der Waals surface area contributed by atoms with Crippen LogP contribution in [0.4, 0.5) is 42.9 Å². The smallest absolute Gasteiger partial charge is 0.274 e. The van der Waals surface area contributed by atoms with E-state index in [0.29, 0.717) is 174 Å². The van der Waals surface area contributed by atoms with Crippen molar-refractivity contribution in [3.63, 3.8) is 0 Å². The van der Waals surface area contributed by atoms with Crippen LogP contribution in [0.1, 0.15) is 102 Å². The van der Waals surface area contributed by atoms with Gasteiger partial charge in [-0.25, -0.2) is 23.3 Å². The van der Waals surface area contributed by atoms with Gasteiger partial charge in [-0.15, -0.1) is 0 Å². The number of carbonyl (C=O) groups is 3. The summed E-state index contributed by atoms with van der Waals surface area (Å²) in [6.07, 6.45) is 5.63. The van der Waals surface area contributed by atoms with Crippen molar-refractivity contribution in [2.45, 2.75) is 105 Å². The molecule has 7 heterocycles. The van der Waals surface area contributed by atoms with Gasteiger partial charge in [-0.2, -0.15) is 0 Å². The summed E-state index contributed by atoms with van der Waals surface area (Å²) in [7, 11) is 1.70. The monoisotopic (exact) mass is 1730 g/mol. The Hall–Kier alpha value is -13.4. The average molecular weight is 1730 g/mol. The Morgan fingerprint density at radius 2 is 0.744 bits per heavy atom. The minimum absolute atomic E-state index is 0.00277. The van der Waals surface area contributed by atoms with Gasteiger partial charge in [0.25, 0.3) is 39.3 Å². The van der Waals surface area contributed by atoms with Gasteiger partial charge in [0.2, 0.25) is 17.7 Å². The number of anilines is 3. The highest BCUT2D eigenvalue weighted by molar-refractivity contribution is 6.36. The number of fused-ring (bicyclic) bond motifs is 3. The molecule has 15 rings (SSSR count). The van der Waals surface area contributed by atoms with Crippen LogP contribution in [0.5, 0.6) is 0 Å². The molecule has 0 bridgehead atoms. The number of pyridine rings is 4. The molecule has 0 aliphatic carbocycles. The zero-order chi connectivity index (χ0) is 90.0. The van der Waals surface area contributed by atoms with Crippen molar-refractivity contribution in [3.05, 3.63) is 333 Å². The number of carbonyl (C=O) groups excluding carboxylic acids is 3. The molecule has 12 aromatic rings. The normalized spacial score (nSPS) is 15.2. The molecular formula is C100H94Cl3F2N13O7. The molecule has 0 radical (unpaired) electrons. The quantitative estimate of drug-likeness (QED) is 0.0710. The van der Waals surface area contributed by atoms with Gasteiger partial charge in [0.15, 0.2) is 0 Å². The van der Waals surface area contributed by atoms with Crippen LogP contribution >= 0.6 is 34.8 Å². The van der Waals surface area contributed by atoms with Crippen LogP contribution in [0.3, 0.4) is 0 Å². The molecule has 636 valence electrons. The summed E-state index contributed by atoms with van der Waals surface area (Å²) in [5.74, 6) is -0.884. The first kappa shape index (κ1) is 89.3. The summed E-state index contributed by atoms with van der Waals surface area (Å²) in [5, 5.41) is 3.16. The second-order valence-corrected chi connectivity index (χ2v) is 33.7. The summed E-state index contributed by atoms with van der Waals surface area (Å²) < 4.78 is 34.3. The Bertz CT molecular complexity index is 6760. The van der Waals surface area contributed by atoms with E-state index in [1.807, 2.05) is 133 Å². The molecule has 3 saturated heterocycles. The zero-order valence-electron chi connectivity index (χ0n) is 71.4. The largest absolute Gasteiger partial charge is 0.373 e. The molecule has 0 saturated carbocycles. The van der Waals surface area contributed by atoms with Gasteiger partial charge >= 0.3 is 0 Å². The highest BCUT2D eigenvalue weighted by atomic mass is 35.5. The van der Waals surface area contributed by atoms with Crippen LogP contribution in [0.15, 0.2) is 227 Å². The lowest BCUT2D eigenvalue weighted by Gasteiger charge is -2.42. The van der Waals surface area contributed by atoms with Crippen LogP contribution in [-0.2, 0) is 21.4 Å². The van der Waals surface area contributed by atoms with E-state index < -0.39 is 22.5 Å². The Balaban J connectivity index is 0.000000161. The maximum atomic E-state index is 14.4. The molecule has 0 spiro atoms. The first-order valence-corrected chi connectivity index (χ1v) is 42.3. The van der Waals surface area contributed by atoms with Gasteiger partial charge in [-0.1, -0.05) is 175 Å². The molecule has 0 unspecified atom stereocenters. The van der Waals surface area contributed by atoms with E-state index in [1.165, 1.54) is 47.1 Å². The van der Waals surface area contributed by atoms with Crippen molar-refractivity contribution < 1.29 is 23.2 Å². The molecule has 0 N–H and O–H groups in total. The molecule has 8 aromatic carbocycles. The van der Waals surface area contributed by atoms with Gasteiger partial charge in [-0.05, 0) is 176 Å². The summed E-state index contributed by atoms with van der Waals surface area (Å²) >= 11 is 20.7. The van der Waals surface area contributed by atoms with Gasteiger partial charge in [0.05, 0.1) is 70.4 Å². The number of piperazine rings is 3. The number of rotatable bonds is 15. The third-order valence-electron chi connectivity index (χ3n) is 23.5. The molecule has 3 aliphatic rings. The number of para-hydroxylation sites is 3. The molecule has 3 amide bonds. The van der Waals surface area contributed by atoms with Gasteiger partial charge in [-0.3, -0.25) is 47.3 Å². The Morgan fingerprint density at radius 1 is 0.416 bits per heavy atom. The lowest BCUT2D eigenvalue weighted by molar-refractivity contribution is -0.127. The maximum Gasteiger partial charge on any atom is 0.274 e. The number of hydrogen-bond acceptors (Lipinski definition) is 10. The third-order valence-corrected chi connectivity index (χ3v) is 24.5. The van der Waals surface area contributed by atoms with Crippen molar-refractivity contribution in [3.8, 4) is 50.4 Å². The van der Waals surface area contributed by atoms with Gasteiger partial charge in [0, 0.05) is 149 Å². The van der Waals surface area contributed by atoms with Crippen LogP contribution in [0.2, 0.25) is 15.1 Å². The molecular weight excluding hydrogens is 1640 g/mol. The average Bonchev–Trinajstić information content (AvgIpc) is 0.736. The van der Waals surface area contributed by atoms with Crippen LogP contribution in [0.25, 0.3) is 97.7 Å². The van der Waals surface area contributed by atoms with E-state index in [2.05, 4.69) is 75.8 Å². The van der Waals surface area contributed by atoms with E-state index >= 15 is 0 Å². The number of amides is 3. The molecule has 25 heteroatoms. The number of aryl methyl sites for hydroxylation is 2. The lowest BCUT2D eigenvalue weighted by atomic mass is 9.98. The standard InChI is InChI=1S/C34H34ClN5O3.2C33H30ClFN4O2/c1-8-30(41)38-13-14-39(22(5)18-38)32-26-16-27(35)25(23-15-21(4)33(42)37(7)19-23)17-29(26)40(34(43)31(32)36-6)28-12-10-9-11-24(28)20(2)3;1-6-30(40)37-14-15-38(21(4)19-37)32-26-17-27(34)25(22-10-9-11-23(35)16-22)18-29(26)39(33(41)31(32)36-5)28-13-8-7-12-24(28)20(2)3;1-6-30(40)37-15-16-38(21(4)19-37)32-26-17-27(34)25(22-11-13-23(35)14-12-22)18-29(26)39(33(41)31(32)36-5)28-10-8-7-9-24(28)20(2)3/h8-12,15-17,19-20,22H,1,13-14,18H2,2-5,7H3;6-13,16-18,20-21H,1,14-15,19H2,2-4H3;6-14,17-18,20-21H,1,15-16,19H2,2-4H3/t22-;2*21-/m000/s1. The SMILES string of the molecule is [C-]#[N+]c1c(N2CCN(C(=O)C=C)C[C@@H]2C)c2cc(Cl)c(-c3cc(C)c(=O)n(C)c3)cc2n(-c2ccccc2C(C)C)c1=O.[C-]#[N+]c1c(N2CCN(C(=O)C=C)C[C@@H]2C)c2cc(Cl)c(-c3ccc(F)cc3)cc2n(-c2ccccc2C(C)C)c1=O.[C-]#[N+]c1c(N2CCN(C(=O)C=C)C[C@@H]2C)c2cc(Cl)c(-c3cccc(F)c3)cc2n(-c2ccccc2C(C)C)c1=O. The molecule has 20 nitrogen and oxygen atoms in total. The number of halogens is 5. The highest BCUT2D eigenvalue weighted by Gasteiger charge is 2.37. The first-order chi connectivity index (χ1) is 59.8. The van der Waals surface area contributed by atoms with Crippen LogP contribution in [0, 0.1) is 38.3 Å². The fourth-order valence-electron chi connectivity index (χ4n) is 17.4. The minimum atomic E-state index is -0.445. The van der Waals surface area contributed by atoms with E-state index in [1.54, 1.807) is 91.0 Å². The predicted octanol–water partition coefficient (Wildman–Crippen LogP) is 20.9. The molecule has 4 aromatic heterocycles. The van der Waals surface area contributed by atoms with Crippen molar-refractivity contribution in [1.82, 2.24) is 33.0 Å². The second-order valence-electron chi connectivity index (χ2n) is 32.5. The Morgan fingerprint density at radius 3 is 1.05 bits per heavy atom. The van der Waals surface area contributed by atoms with Gasteiger partial charge in [0.1, 0.15) is 11.6 Å². The summed E-state index contributed by atoms with van der Waals surface area (Å²) in [5.41, 5.74) is 11.3. The summed E-state index contributed by atoms with van der Waals surface area (Å²) in [6.45, 7) is 59.0. The zero-order valence-corrected chi connectivity index (χ0v) is 73.7. The van der Waals surface area contributed by atoms with E-state index in [-0.39, 0.29) is 82.0 Å². The molecule has 3 aliphatic heterocycles. The number of nitrogens with zero attached hydrogens (tertiary/aromatic N) is 13. The molecule has 3 atom stereocenters. The second kappa shape index (κ2) is 37.3. The summed E-state index contributed by atoms with van der Waals surface area (Å²) in [6, 6.07) is 47.4. The van der Waals surface area contributed by atoms with Crippen molar-refractivity contribution >= 4 is 119 Å². The fourth-order valence-corrected chi connectivity index (χ4v) is 18.2. The summed E-state index contributed by atoms with van der Waals surface area (Å²) in [4.78, 5) is 115. The maximum absolute atomic E-state index is 14.4. The molecule has 125 heavy (non-hydrogen) atoms. The van der Waals surface area contributed by atoms with E-state index in [4.69, 9.17) is 54.5 Å². The van der Waals surface area contributed by atoms with E-state index in [9.17, 15) is 42.3 Å². The van der Waals surface area contributed by atoms with Crippen molar-refractivity contribution in [1.29, 1.82) is 0 Å². The predicted molar refractivity (Wildman–Crippen MR) is 502 cm³/mol. The topological polar surface area (TPSA) is 172 Å². The number of aromatic nitrogens is 4. The minimum Gasteiger partial charge on any atom is -0.373 e. The van der Waals surface area contributed by atoms with Crippen molar-refractivity contribution in [2.24, 2.45) is 7.05 Å². The number of hydrogen-bond donors (Lipinski definition) is 0. The van der Waals surface area contributed by atoms with Gasteiger partial charge < -0.3 is 34.0 Å².